The highest BCUT2D eigenvalue weighted by molar-refractivity contribution is 7.92. The predicted molar refractivity (Wildman–Crippen MR) is 179 cm³/mol. The average Bonchev–Trinajstić information content (AvgIpc) is 3.26. The van der Waals surface area contributed by atoms with Gasteiger partial charge in [-0.05, 0) is 47.6 Å². The maximum absolute atomic E-state index is 13.7. The Morgan fingerprint density at radius 2 is 1.59 bits per heavy atom. The largest absolute Gasteiger partial charge is 0.492 e. The number of likely N-dealkylation sites (tertiary alicyclic amines) is 1. The molecule has 1 aromatic heterocycles. The molecule has 3 N–H and O–H groups in total. The van der Waals surface area contributed by atoms with Crippen molar-refractivity contribution in [3.63, 3.8) is 0 Å². The number of ether oxygens (including phenoxy) is 1. The number of carbonyl (C=O) groups is 1. The quantitative estimate of drug-likeness (QED) is 0.307. The summed E-state index contributed by atoms with van der Waals surface area (Å²) in [4.78, 5) is 16.0. The zero-order valence-electron chi connectivity index (χ0n) is 27.2. The molecule has 244 valence electrons. The molecule has 0 bridgehead atoms. The monoisotopic (exact) mass is 649 g/mol. The number of benzene rings is 2. The van der Waals surface area contributed by atoms with E-state index in [9.17, 15) is 21.6 Å². The highest BCUT2D eigenvalue weighted by Crippen LogP contribution is 2.39. The number of aryl methyl sites for hydroxylation is 1. The zero-order valence-corrected chi connectivity index (χ0v) is 28.9. The lowest BCUT2D eigenvalue weighted by Crippen LogP contribution is -2.44. The van der Waals surface area contributed by atoms with Crippen molar-refractivity contribution in [3.8, 4) is 5.75 Å². The van der Waals surface area contributed by atoms with E-state index in [-0.39, 0.29) is 28.8 Å². The number of para-hydroxylation sites is 1. The third kappa shape index (κ3) is 8.96. The van der Waals surface area contributed by atoms with Crippen molar-refractivity contribution < 1.29 is 26.4 Å². The highest BCUT2D eigenvalue weighted by Gasteiger charge is 2.25. The molecule has 1 amide bonds. The van der Waals surface area contributed by atoms with E-state index in [0.717, 1.165) is 54.2 Å². The molecular weight excluding hydrogens is 603 g/mol. The van der Waals surface area contributed by atoms with Crippen LogP contribution in [0.25, 0.3) is 10.9 Å². The molecule has 11 nitrogen and oxygen atoms in total. The Bertz CT molecular complexity index is 1700. The molecule has 13 heteroatoms. The van der Waals surface area contributed by atoms with Crippen LogP contribution in [0.1, 0.15) is 69.1 Å². The molecule has 2 aromatic carbocycles. The van der Waals surface area contributed by atoms with Crippen LogP contribution in [0.5, 0.6) is 5.75 Å². The molecule has 1 fully saturated rings. The highest BCUT2D eigenvalue weighted by atomic mass is 32.2. The van der Waals surface area contributed by atoms with Crippen molar-refractivity contribution in [2.45, 2.75) is 65.5 Å². The van der Waals surface area contributed by atoms with E-state index in [4.69, 9.17) is 4.74 Å². The minimum atomic E-state index is -3.60. The van der Waals surface area contributed by atoms with Gasteiger partial charge in [-0.3, -0.25) is 14.4 Å². The first kappa shape index (κ1) is 35.4. The number of nitrogens with one attached hydrogen (secondary N) is 3. The first-order valence-corrected chi connectivity index (χ1v) is 18.5. The molecule has 44 heavy (non-hydrogen) atoms. The van der Waals surface area contributed by atoms with Crippen LogP contribution < -0.4 is 19.5 Å². The van der Waals surface area contributed by atoms with Crippen molar-refractivity contribution in [1.82, 2.24) is 14.2 Å². The minimum absolute atomic E-state index is 0.0562. The molecule has 0 saturated carbocycles. The summed E-state index contributed by atoms with van der Waals surface area (Å²) in [6, 6.07) is 11.3. The third-order valence-electron chi connectivity index (χ3n) is 7.44. The SMILES string of the molecule is CC.COc1c(NC(=O)c2cc3cccc(CN4CCC(NS(C)(=O)=O)CC4)c3n2C)cc(C(C)(C)C)cc1NS(C)(=O)=O. The van der Waals surface area contributed by atoms with Crippen LogP contribution in [-0.2, 0) is 39.1 Å². The lowest BCUT2D eigenvalue weighted by molar-refractivity contribution is 0.101. The normalized spacial score (nSPS) is 15.0. The molecule has 0 spiro atoms. The maximum atomic E-state index is 13.7. The third-order valence-corrected chi connectivity index (χ3v) is 8.79. The van der Waals surface area contributed by atoms with Crippen molar-refractivity contribution in [2.75, 3.05) is 42.7 Å². The number of amides is 1. The van der Waals surface area contributed by atoms with E-state index in [1.807, 2.05) is 70.5 Å². The molecule has 3 aromatic rings. The Labute approximate surface area is 262 Å². The van der Waals surface area contributed by atoms with Gasteiger partial charge in [0.05, 0.1) is 36.5 Å². The number of methoxy groups -OCH3 is 1. The number of anilines is 2. The Hall–Kier alpha value is -3.13. The second kappa shape index (κ2) is 13.9. The van der Waals surface area contributed by atoms with Crippen LogP contribution in [0, 0.1) is 0 Å². The fraction of sp³-hybridized carbons (Fsp3) is 0.516. The smallest absolute Gasteiger partial charge is 0.272 e. The van der Waals surface area contributed by atoms with Gasteiger partial charge in [0.25, 0.3) is 5.91 Å². The summed E-state index contributed by atoms with van der Waals surface area (Å²) in [5.41, 5.74) is 3.54. The van der Waals surface area contributed by atoms with Crippen molar-refractivity contribution in [2.24, 2.45) is 7.05 Å². The number of nitrogens with zero attached hydrogens (tertiary/aromatic N) is 2. The predicted octanol–water partition coefficient (Wildman–Crippen LogP) is 4.65. The Kier molecular flexibility index (Phi) is 11.2. The number of carbonyl (C=O) groups excluding carboxylic acids is 1. The minimum Gasteiger partial charge on any atom is -0.492 e. The van der Waals surface area contributed by atoms with E-state index in [1.165, 1.54) is 13.4 Å². The number of hydrogen-bond donors (Lipinski definition) is 3. The van der Waals surface area contributed by atoms with Gasteiger partial charge in [-0.1, -0.05) is 52.8 Å². The first-order valence-electron chi connectivity index (χ1n) is 14.7. The molecule has 1 aliphatic heterocycles. The zero-order chi connectivity index (χ0) is 33.0. The summed E-state index contributed by atoms with van der Waals surface area (Å²) in [6.07, 6.45) is 3.72. The molecule has 1 aliphatic rings. The lowest BCUT2D eigenvalue weighted by Gasteiger charge is -2.32. The average molecular weight is 650 g/mol. The Morgan fingerprint density at radius 3 is 2.14 bits per heavy atom. The van der Waals surface area contributed by atoms with E-state index in [2.05, 4.69) is 19.7 Å². The van der Waals surface area contributed by atoms with E-state index in [1.54, 1.807) is 12.1 Å². The molecule has 0 atom stereocenters. The lowest BCUT2D eigenvalue weighted by atomic mass is 9.86. The molecular formula is C31H47N5O6S2. The van der Waals surface area contributed by atoms with Crippen LogP contribution in [0.3, 0.4) is 0 Å². The molecule has 1 saturated heterocycles. The van der Waals surface area contributed by atoms with Crippen molar-refractivity contribution in [3.05, 3.63) is 53.2 Å². The van der Waals surface area contributed by atoms with Crippen LogP contribution in [0.2, 0.25) is 0 Å². The summed E-state index contributed by atoms with van der Waals surface area (Å²) in [7, 11) is -3.56. The number of hydrogen-bond acceptors (Lipinski definition) is 7. The van der Waals surface area contributed by atoms with Gasteiger partial charge in [0.2, 0.25) is 20.0 Å². The fourth-order valence-electron chi connectivity index (χ4n) is 5.44. The van der Waals surface area contributed by atoms with Crippen LogP contribution in [0.4, 0.5) is 11.4 Å². The fourth-order valence-corrected chi connectivity index (χ4v) is 6.83. The first-order chi connectivity index (χ1) is 20.4. The molecule has 0 radical (unpaired) electrons. The summed E-state index contributed by atoms with van der Waals surface area (Å²) >= 11 is 0. The van der Waals surface area contributed by atoms with Gasteiger partial charge in [0.1, 0.15) is 5.69 Å². The number of rotatable bonds is 9. The summed E-state index contributed by atoms with van der Waals surface area (Å²) in [6.45, 7) is 12.2. The van der Waals surface area contributed by atoms with Gasteiger partial charge in [-0.2, -0.15) is 0 Å². The number of piperidine rings is 1. The van der Waals surface area contributed by atoms with Crippen molar-refractivity contribution in [1.29, 1.82) is 0 Å². The standard InChI is InChI=1S/C29H41N5O6S2.C2H6/c1-29(2,3)21-16-23(27(40-5)24(17-21)32-42(7,38)39)30-28(35)25-15-19-9-8-10-20(26(19)33(25)4)18-34-13-11-22(12-14-34)31-41(6,36)37;1-2/h8-10,15-17,22,31-32H,11-14,18H2,1-7H3,(H,30,35);1-2H3. The van der Waals surface area contributed by atoms with Crippen LogP contribution in [-0.4, -0.2) is 71.0 Å². The molecule has 4 rings (SSSR count). The van der Waals surface area contributed by atoms with E-state index in [0.29, 0.717) is 17.9 Å². The second-order valence-electron chi connectivity index (χ2n) is 12.1. The van der Waals surface area contributed by atoms with Gasteiger partial charge in [-0.15, -0.1) is 0 Å². The maximum Gasteiger partial charge on any atom is 0.272 e. The summed E-state index contributed by atoms with van der Waals surface area (Å²) in [5, 5.41) is 3.88. The number of aromatic nitrogens is 1. The number of sulfonamides is 2. The van der Waals surface area contributed by atoms with Gasteiger partial charge in [-0.25, -0.2) is 21.6 Å². The molecule has 2 heterocycles. The Balaban J connectivity index is 0.00000259. The molecule has 0 aliphatic carbocycles. The van der Waals surface area contributed by atoms with E-state index < -0.39 is 20.0 Å². The summed E-state index contributed by atoms with van der Waals surface area (Å²) in [5.74, 6) is -0.142. The Morgan fingerprint density at radius 1 is 0.977 bits per heavy atom. The van der Waals surface area contributed by atoms with Crippen LogP contribution >= 0.6 is 0 Å². The topological polar surface area (TPSA) is 139 Å². The van der Waals surface area contributed by atoms with Crippen molar-refractivity contribution >= 4 is 48.2 Å². The summed E-state index contributed by atoms with van der Waals surface area (Å²) < 4.78 is 60.0. The molecule has 0 unspecified atom stereocenters. The van der Waals surface area contributed by atoms with Crippen LogP contribution in [0.15, 0.2) is 36.4 Å². The van der Waals surface area contributed by atoms with Gasteiger partial charge in [0, 0.05) is 38.1 Å². The number of fused-ring (bicyclic) bond motifs is 1. The second-order valence-corrected chi connectivity index (χ2v) is 15.6. The van der Waals surface area contributed by atoms with Gasteiger partial charge in [0.15, 0.2) is 5.75 Å². The van der Waals surface area contributed by atoms with Gasteiger partial charge >= 0.3 is 0 Å². The van der Waals surface area contributed by atoms with E-state index >= 15 is 0 Å². The van der Waals surface area contributed by atoms with Gasteiger partial charge < -0.3 is 14.6 Å².